The van der Waals surface area contributed by atoms with Gasteiger partial charge in [0.2, 0.25) is 17.7 Å². The van der Waals surface area contributed by atoms with Crippen LogP contribution in [0.15, 0.2) is 23.2 Å². The van der Waals surface area contributed by atoms with Gasteiger partial charge in [-0.3, -0.25) is 19.4 Å². The number of hydrogen-bond acceptors (Lipinski definition) is 16. The standard InChI is InChI=1S/C65H90N6O14S2/c1-37(44-19-20-45-43-18-16-41-13-9-11-24-64(41,7)46(43)34-51-65(44,45)85-51)15-22-53(73)67-48(60(77)78)14-10-12-25-66-52(72)23-29-82-31-32-83-30-28-71(27-26-70(8)54(74)35-63(5,6)55-40(4)56(75)38(2)39(3)57(55)76)62(81)84-42-17-21-47-50(33-42)87-59(68-47)58-69-49(36-86-58)61(79)80/h17,21,33,37,41,43-46,48-49,51,75-76H,3-4,9-16,18-20,22-32,34-36H2,1-2,5-8H3,(H,66,72)(H,67,73)(H,77,78)(H,79,80). The highest BCUT2D eigenvalue weighted by atomic mass is 32.2. The molecule has 11 atom stereocenters. The van der Waals surface area contributed by atoms with Crippen molar-refractivity contribution in [1.29, 1.82) is 0 Å². The molecule has 22 heteroatoms. The number of epoxide rings is 1. The molecule has 11 unspecified atom stereocenters. The zero-order valence-electron chi connectivity index (χ0n) is 51.5. The number of ether oxygens (including phenoxy) is 4. The Morgan fingerprint density at radius 1 is 0.897 bits per heavy atom. The van der Waals surface area contributed by atoms with Crippen molar-refractivity contribution in [3.05, 3.63) is 44.8 Å². The minimum absolute atomic E-state index is 0.0158. The number of carboxylic acid groups (broad SMARTS) is 2. The van der Waals surface area contributed by atoms with Crippen molar-refractivity contribution >= 4 is 87.3 Å². The van der Waals surface area contributed by atoms with Gasteiger partial charge in [-0.2, -0.15) is 0 Å². The van der Waals surface area contributed by atoms with Gasteiger partial charge in [0, 0.05) is 91.3 Å². The second kappa shape index (κ2) is 27.9. The maximum Gasteiger partial charge on any atom is 0.415 e. The van der Waals surface area contributed by atoms with E-state index in [0.717, 1.165) is 24.2 Å². The largest absolute Gasteiger partial charge is 0.507 e. The topological polar surface area (TPSA) is 279 Å². The molecule has 9 rings (SSSR count). The Kier molecular flexibility index (Phi) is 21.1. The van der Waals surface area contributed by atoms with E-state index in [4.69, 9.17) is 18.9 Å². The molecule has 4 saturated carbocycles. The van der Waals surface area contributed by atoms with E-state index in [-0.39, 0.29) is 123 Å². The van der Waals surface area contributed by atoms with Gasteiger partial charge in [0.25, 0.3) is 0 Å². The van der Waals surface area contributed by atoms with E-state index in [1.54, 1.807) is 46.0 Å². The van der Waals surface area contributed by atoms with E-state index < -0.39 is 35.5 Å². The molecule has 1 aromatic heterocycles. The van der Waals surface area contributed by atoms with Crippen molar-refractivity contribution in [2.45, 2.75) is 167 Å². The molecule has 6 N–H and O–H groups in total. The molecule has 3 aromatic rings. The number of nitrogens with zero attached hydrogens (tertiary/aromatic N) is 4. The van der Waals surface area contributed by atoms with Gasteiger partial charge in [0.1, 0.15) is 38.9 Å². The summed E-state index contributed by atoms with van der Waals surface area (Å²) in [7, 11) is 1.60. The summed E-state index contributed by atoms with van der Waals surface area (Å²) in [5, 5.41) is 48.3. The third-order valence-electron chi connectivity index (χ3n) is 20.4. The molecular weight excluding hydrogens is 1150 g/mol. The molecule has 6 aliphatic rings. The lowest BCUT2D eigenvalue weighted by Crippen LogP contribution is -2.53. The molecule has 1 spiro atoms. The number of rotatable bonds is 29. The fraction of sp³-hybridized carbons (Fsp3) is 0.662. The lowest BCUT2D eigenvalue weighted by atomic mass is 9.47. The van der Waals surface area contributed by atoms with E-state index in [1.165, 1.54) is 84.3 Å². The lowest BCUT2D eigenvalue weighted by molar-refractivity contribution is -0.142. The first-order valence-corrected chi connectivity index (χ1v) is 33.1. The number of aromatic nitrogens is 1. The van der Waals surface area contributed by atoms with Crippen LogP contribution in [-0.2, 0) is 43.6 Å². The molecule has 0 radical (unpaired) electrons. The number of carbonyl (C=O) groups excluding carboxylic acids is 4. The van der Waals surface area contributed by atoms with E-state index in [1.807, 2.05) is 0 Å². The molecule has 20 nitrogen and oxygen atoms in total. The number of phenolic OH excluding ortho intramolecular Hbond substituents is 2. The summed E-state index contributed by atoms with van der Waals surface area (Å²) in [6.07, 6.45) is 13.7. The van der Waals surface area contributed by atoms with Gasteiger partial charge in [-0.05, 0) is 131 Å². The first-order chi connectivity index (χ1) is 41.4. The van der Waals surface area contributed by atoms with Crippen molar-refractivity contribution in [2.75, 3.05) is 65.4 Å². The van der Waals surface area contributed by atoms with Gasteiger partial charge >= 0.3 is 18.0 Å². The van der Waals surface area contributed by atoms with E-state index in [0.29, 0.717) is 92.2 Å². The van der Waals surface area contributed by atoms with Crippen LogP contribution in [0.1, 0.15) is 147 Å². The number of aliphatic imine (C=N–C) groups is 1. The zero-order chi connectivity index (χ0) is 62.5. The van der Waals surface area contributed by atoms with Crippen molar-refractivity contribution in [3.8, 4) is 17.2 Å². The summed E-state index contributed by atoms with van der Waals surface area (Å²) in [5.74, 6) is 1.27. The number of thioether (sulfide) groups is 1. The minimum atomic E-state index is -1.07. The zero-order valence-corrected chi connectivity index (χ0v) is 53.1. The highest BCUT2D eigenvalue weighted by Gasteiger charge is 2.75. The molecular formula is C65H90N6O14S2. The first-order valence-electron chi connectivity index (χ1n) is 31.3. The van der Waals surface area contributed by atoms with Crippen LogP contribution in [0, 0.1) is 47.8 Å². The molecule has 4 aliphatic carbocycles. The molecule has 87 heavy (non-hydrogen) atoms. The number of unbranched alkanes of at least 4 members (excludes halogenated alkanes) is 1. The van der Waals surface area contributed by atoms with Gasteiger partial charge in [-0.1, -0.05) is 53.7 Å². The van der Waals surface area contributed by atoms with Crippen LogP contribution in [0.4, 0.5) is 4.79 Å². The van der Waals surface area contributed by atoms with E-state index in [2.05, 4.69) is 47.6 Å². The SMILES string of the molecule is C=c1c(C)c(O)c(=C)c(C(C)(C)CC(=O)N(C)CCN(CCOCCOCCC(=O)NCCCCC(NC(=O)CCC(C)C2CCC3C4CCC5CCCCC5(C)C4CC4OC423)C(=O)O)C(=O)Oc2ccc3nc(C4=NC(C(=O)O)CS4)sc3c2)c1O. The van der Waals surface area contributed by atoms with Crippen molar-refractivity contribution in [2.24, 2.45) is 45.9 Å². The van der Waals surface area contributed by atoms with Gasteiger partial charge in [-0.25, -0.2) is 19.4 Å². The second-order valence-electron chi connectivity index (χ2n) is 26.2. The summed E-state index contributed by atoms with van der Waals surface area (Å²) in [6, 6.07) is 3.13. The normalized spacial score (nSPS) is 26.1. The number of likely N-dealkylation sites (N-methyl/N-ethyl adjacent to an activating group) is 1. The van der Waals surface area contributed by atoms with Gasteiger partial charge in [0.15, 0.2) is 6.04 Å². The molecule has 476 valence electrons. The molecule has 4 amide bonds. The fourth-order valence-corrected chi connectivity index (χ4v) is 17.5. The maximum atomic E-state index is 13.9. The van der Waals surface area contributed by atoms with E-state index in [9.17, 15) is 49.2 Å². The quantitative estimate of drug-likeness (QED) is 0.0219. The molecule has 2 aliphatic heterocycles. The van der Waals surface area contributed by atoms with Crippen LogP contribution in [0.2, 0.25) is 0 Å². The molecule has 3 heterocycles. The number of fused-ring (bicyclic) bond motifs is 5. The third-order valence-corrected chi connectivity index (χ3v) is 22.6. The number of hydrogen-bond donors (Lipinski definition) is 6. The number of carbonyl (C=O) groups is 6. The Morgan fingerprint density at radius 2 is 1.67 bits per heavy atom. The van der Waals surface area contributed by atoms with Crippen LogP contribution in [0.5, 0.6) is 17.2 Å². The summed E-state index contributed by atoms with van der Waals surface area (Å²) >= 11 is 2.62. The predicted molar refractivity (Wildman–Crippen MR) is 334 cm³/mol. The summed E-state index contributed by atoms with van der Waals surface area (Å²) in [4.78, 5) is 88.9. The van der Waals surface area contributed by atoms with Gasteiger partial charge in [-0.15, -0.1) is 23.1 Å². The Hall–Kier alpha value is -5.81. The number of nitrogens with one attached hydrogen (secondary N) is 2. The molecule has 1 saturated heterocycles. The van der Waals surface area contributed by atoms with Crippen LogP contribution in [0.3, 0.4) is 0 Å². The summed E-state index contributed by atoms with van der Waals surface area (Å²) in [6.45, 7) is 19.0. The van der Waals surface area contributed by atoms with Gasteiger partial charge < -0.3 is 59.8 Å². The Morgan fingerprint density at radius 3 is 2.41 bits per heavy atom. The predicted octanol–water partition coefficient (Wildman–Crippen LogP) is 7.90. The van der Waals surface area contributed by atoms with E-state index >= 15 is 0 Å². The fourth-order valence-electron chi connectivity index (χ4n) is 15.5. The molecule has 0 bridgehead atoms. The minimum Gasteiger partial charge on any atom is -0.507 e. The first kappa shape index (κ1) is 65.6. The Bertz CT molecular complexity index is 3190. The van der Waals surface area contributed by atoms with Crippen LogP contribution in [-0.4, -0.2) is 165 Å². The van der Waals surface area contributed by atoms with Crippen molar-refractivity contribution < 1.29 is 68.1 Å². The monoisotopic (exact) mass is 1240 g/mol. The Balaban J connectivity index is 0.671. The van der Waals surface area contributed by atoms with Crippen LogP contribution >= 0.6 is 23.1 Å². The van der Waals surface area contributed by atoms with Crippen LogP contribution in [0.25, 0.3) is 23.4 Å². The van der Waals surface area contributed by atoms with Crippen molar-refractivity contribution in [1.82, 2.24) is 25.4 Å². The summed E-state index contributed by atoms with van der Waals surface area (Å²) in [5.41, 5.74) is 0.824. The number of aliphatic carboxylic acids is 2. The number of carboxylic acids is 2. The number of aromatic hydroxyl groups is 2. The molecule has 5 fully saturated rings. The lowest BCUT2D eigenvalue weighted by Gasteiger charge is -2.57. The van der Waals surface area contributed by atoms with Crippen molar-refractivity contribution in [3.63, 3.8) is 0 Å². The average molecular weight is 1240 g/mol. The highest BCUT2D eigenvalue weighted by molar-refractivity contribution is 8.15. The second-order valence-corrected chi connectivity index (χ2v) is 28.2. The number of benzene rings is 2. The number of thiazole rings is 1. The third kappa shape index (κ3) is 14.6. The van der Waals surface area contributed by atoms with Crippen LogP contribution < -0.4 is 25.8 Å². The Labute approximate surface area is 518 Å². The smallest absolute Gasteiger partial charge is 0.415 e. The number of amides is 4. The number of phenols is 2. The average Bonchev–Trinajstić information content (AvgIpc) is 1.52. The van der Waals surface area contributed by atoms with Gasteiger partial charge in [0.05, 0.1) is 42.7 Å². The maximum absolute atomic E-state index is 13.9. The highest BCUT2D eigenvalue weighted by Crippen LogP contribution is 2.72. The summed E-state index contributed by atoms with van der Waals surface area (Å²) < 4.78 is 24.8. The molecule has 2 aromatic carbocycles.